The zero-order chi connectivity index (χ0) is 38.4. The van der Waals surface area contributed by atoms with E-state index < -0.39 is 21.5 Å². The molecule has 0 fully saturated rings. The summed E-state index contributed by atoms with van der Waals surface area (Å²) in [7, 11) is 17.7. The molecule has 0 heterocycles. The molecule has 0 aliphatic heterocycles. The normalized spacial score (nSPS) is 18.6. The molecule has 275 valence electrons. The molecule has 4 heteroatoms. The first-order valence-corrected chi connectivity index (χ1v) is 35.8. The first-order valence-electron chi connectivity index (χ1n) is 19.4. The Balaban J connectivity index is 1.60. The Morgan fingerprint density at radius 1 is 0.596 bits per heavy atom. The van der Waals surface area contributed by atoms with Crippen molar-refractivity contribution in [2.75, 3.05) is 0 Å². The molecular formula is C48H61Cl2SiZr. The van der Waals surface area contributed by atoms with Crippen LogP contribution in [0, 0.1) is 5.92 Å². The van der Waals surface area contributed by atoms with E-state index in [0.717, 1.165) is 0 Å². The van der Waals surface area contributed by atoms with Crippen LogP contribution < -0.4 is 0 Å². The third-order valence-corrected chi connectivity index (χ3v) is 64.2. The van der Waals surface area contributed by atoms with Crippen LogP contribution in [-0.4, -0.2) is 5.92 Å². The molecule has 52 heavy (non-hydrogen) atoms. The molecule has 0 amide bonds. The van der Waals surface area contributed by atoms with E-state index in [9.17, 15) is 0 Å². The average molecular weight is 828 g/mol. The average Bonchev–Trinajstić information content (AvgIpc) is 3.63. The van der Waals surface area contributed by atoms with Crippen molar-refractivity contribution in [3.63, 3.8) is 0 Å². The van der Waals surface area contributed by atoms with Gasteiger partial charge in [0.1, 0.15) is 0 Å². The van der Waals surface area contributed by atoms with Gasteiger partial charge in [0, 0.05) is 0 Å². The molecule has 2 aliphatic carbocycles. The summed E-state index contributed by atoms with van der Waals surface area (Å²) >= 11 is -4.97. The molecule has 0 radical (unpaired) electrons. The van der Waals surface area contributed by atoms with Crippen LogP contribution in [0.15, 0.2) is 90.0 Å². The summed E-state index contributed by atoms with van der Waals surface area (Å²) in [5.41, 5.74) is 17.5. The zero-order valence-electron chi connectivity index (χ0n) is 34.2. The van der Waals surface area contributed by atoms with Crippen LogP contribution in [0.1, 0.15) is 129 Å². The molecule has 2 unspecified atom stereocenters. The van der Waals surface area contributed by atoms with Gasteiger partial charge in [-0.3, -0.25) is 0 Å². The van der Waals surface area contributed by atoms with Gasteiger partial charge in [0.15, 0.2) is 0 Å². The summed E-state index contributed by atoms with van der Waals surface area (Å²) in [6.07, 6.45) is 4.97. The molecule has 2 aliphatic rings. The van der Waals surface area contributed by atoms with E-state index in [1.54, 1.807) is 0 Å². The van der Waals surface area contributed by atoms with Crippen LogP contribution in [0.3, 0.4) is 0 Å². The molecule has 0 bridgehead atoms. The predicted molar refractivity (Wildman–Crippen MR) is 232 cm³/mol. The zero-order valence-corrected chi connectivity index (χ0v) is 39.4. The van der Waals surface area contributed by atoms with Gasteiger partial charge in [-0.2, -0.15) is 0 Å². The molecular weight excluding hydrogens is 767 g/mol. The Morgan fingerprint density at radius 2 is 1.10 bits per heavy atom. The van der Waals surface area contributed by atoms with Gasteiger partial charge in [0.25, 0.3) is 0 Å². The number of hydrogen-bond acceptors (Lipinski definition) is 0. The molecule has 2 atom stereocenters. The standard InChI is InChI=1S/C24H29.C22H25.C2H7Si.2ClH.Zr/c1-16-14-20-19(12-13-22(21(20)15-16)24(5,6)7)17-8-10-18(11-9-17)23(2,3)4;1-15(2)18-13-17-7-6-8-20(21(17)14-18)16-9-11-19(12-10-16)22(3,4)5;1-3-2;;;/h8-15H,1-7H3;6-15H,1-5H3;3H,1-2H3;2*1H;/q;;;;;+2/p-2. The molecule has 0 nitrogen and oxygen atoms in total. The fourth-order valence-electron chi connectivity index (χ4n) is 9.18. The number of halogens is 2. The van der Waals surface area contributed by atoms with E-state index in [1.165, 1.54) is 72.3 Å². The maximum atomic E-state index is 8.85. The molecule has 4 aromatic rings. The van der Waals surface area contributed by atoms with Crippen LogP contribution in [-0.2, 0) is 31.8 Å². The minimum absolute atomic E-state index is 0.0438. The van der Waals surface area contributed by atoms with Crippen molar-refractivity contribution in [3.8, 4) is 22.3 Å². The summed E-state index contributed by atoms with van der Waals surface area (Å²) in [6, 6.07) is 30.1. The van der Waals surface area contributed by atoms with E-state index in [0.29, 0.717) is 5.92 Å². The molecule has 0 aromatic heterocycles. The van der Waals surface area contributed by atoms with Crippen molar-refractivity contribution < 1.29 is 15.6 Å². The van der Waals surface area contributed by atoms with Crippen LogP contribution in [0.5, 0.6) is 0 Å². The molecule has 0 N–H and O–H groups in total. The maximum absolute atomic E-state index is 8.85. The Bertz CT molecular complexity index is 2070. The monoisotopic (exact) mass is 825 g/mol. The molecule has 0 spiro atoms. The van der Waals surface area contributed by atoms with Crippen molar-refractivity contribution in [1.29, 1.82) is 0 Å². The fourth-order valence-corrected chi connectivity index (χ4v) is 41.3. The topological polar surface area (TPSA) is 0 Å². The summed E-state index contributed by atoms with van der Waals surface area (Å²) in [5.74, 6) is -1.38. The van der Waals surface area contributed by atoms with Gasteiger partial charge in [-0.25, -0.2) is 0 Å². The SMILES string of the molecule is CC1=Cc2c(-c3ccc(C(C)(C)C)cc3)ccc(C(C)(C)C)c2[CH]1[Zr]([Cl])([Cl])([CH]1C(C(C)C)=Cc2c(-c3ccc(C(C)(C)C)cc3)cccc21)[SiH](C)C. The Kier molecular flexibility index (Phi) is 10.2. The molecule has 0 saturated carbocycles. The second-order valence-corrected chi connectivity index (χ2v) is 62.1. The quantitative estimate of drug-likeness (QED) is 0.170. The van der Waals surface area contributed by atoms with E-state index in [2.05, 4.69) is 187 Å². The second kappa shape index (κ2) is 13.4. The van der Waals surface area contributed by atoms with Crippen molar-refractivity contribution >= 4 is 35.1 Å². The van der Waals surface area contributed by atoms with Gasteiger partial charge in [-0.05, 0) is 0 Å². The van der Waals surface area contributed by atoms with Crippen molar-refractivity contribution in [3.05, 3.63) is 129 Å². The summed E-state index contributed by atoms with van der Waals surface area (Å²) in [4.78, 5) is 0. The van der Waals surface area contributed by atoms with Crippen LogP contribution in [0.4, 0.5) is 0 Å². The first-order chi connectivity index (χ1) is 24.0. The number of rotatable bonds is 6. The number of fused-ring (bicyclic) bond motifs is 2. The molecule has 0 saturated heterocycles. The van der Waals surface area contributed by atoms with Crippen LogP contribution in [0.2, 0.25) is 13.1 Å². The van der Waals surface area contributed by atoms with Crippen LogP contribution in [0.25, 0.3) is 34.4 Å². The Morgan fingerprint density at radius 3 is 1.54 bits per heavy atom. The van der Waals surface area contributed by atoms with Gasteiger partial charge in [-0.1, -0.05) is 0 Å². The minimum atomic E-state index is -4.97. The van der Waals surface area contributed by atoms with Gasteiger partial charge in [0.2, 0.25) is 0 Å². The van der Waals surface area contributed by atoms with Gasteiger partial charge in [0.05, 0.1) is 0 Å². The number of hydrogen-bond donors (Lipinski definition) is 0. The Labute approximate surface area is 324 Å². The van der Waals surface area contributed by atoms with Gasteiger partial charge < -0.3 is 0 Å². The summed E-state index contributed by atoms with van der Waals surface area (Å²) in [6.45, 7) is 32.7. The Hall–Kier alpha value is -1.96. The number of allylic oxidation sites excluding steroid dienone is 2. The molecule has 4 aromatic carbocycles. The van der Waals surface area contributed by atoms with Gasteiger partial charge >= 0.3 is 327 Å². The van der Waals surface area contributed by atoms with Crippen LogP contribution >= 0.6 is 17.0 Å². The van der Waals surface area contributed by atoms with E-state index in [4.69, 9.17) is 17.0 Å². The molecule has 6 rings (SSSR count). The summed E-state index contributed by atoms with van der Waals surface area (Å²) < 4.78 is 0.101. The van der Waals surface area contributed by atoms with Crippen molar-refractivity contribution in [1.82, 2.24) is 0 Å². The van der Waals surface area contributed by atoms with E-state index in [1.807, 2.05) is 0 Å². The second-order valence-electron chi connectivity index (χ2n) is 19.6. The van der Waals surface area contributed by atoms with Crippen molar-refractivity contribution in [2.24, 2.45) is 5.92 Å². The van der Waals surface area contributed by atoms with E-state index >= 15 is 0 Å². The van der Waals surface area contributed by atoms with Gasteiger partial charge in [-0.15, -0.1) is 0 Å². The van der Waals surface area contributed by atoms with Crippen molar-refractivity contribution in [2.45, 2.75) is 120 Å². The summed E-state index contributed by atoms with van der Waals surface area (Å²) in [5, 5.41) is 0. The fraction of sp³-hybridized carbons (Fsp3) is 0.417. The third-order valence-electron chi connectivity index (χ3n) is 12.3. The predicted octanol–water partition coefficient (Wildman–Crippen LogP) is 15.1. The number of benzene rings is 4. The van der Waals surface area contributed by atoms with E-state index in [-0.39, 0.29) is 23.5 Å². The first kappa shape index (κ1) is 39.7. The third kappa shape index (κ3) is 6.59.